The molecule has 0 amide bonds. The molecule has 5 heteroatoms. The molecular formula is C15H14N2O2S. The molecule has 0 saturated carbocycles. The summed E-state index contributed by atoms with van der Waals surface area (Å²) in [7, 11) is 0. The second-order valence-corrected chi connectivity index (χ2v) is 5.77. The van der Waals surface area contributed by atoms with E-state index in [4.69, 9.17) is 0 Å². The van der Waals surface area contributed by atoms with Crippen LogP contribution in [0.2, 0.25) is 0 Å². The fourth-order valence-corrected chi connectivity index (χ4v) is 3.61. The maximum absolute atomic E-state index is 11.6. The van der Waals surface area contributed by atoms with Crippen molar-refractivity contribution in [3.63, 3.8) is 0 Å². The molecule has 4 nitrogen and oxygen atoms in total. The number of fused-ring (bicyclic) bond motifs is 1. The van der Waals surface area contributed by atoms with Crippen LogP contribution in [0.4, 0.5) is 0 Å². The highest BCUT2D eigenvalue weighted by Crippen LogP contribution is 2.38. The number of aliphatic carboxylic acids is 1. The maximum Gasteiger partial charge on any atom is 0.334 e. The Morgan fingerprint density at radius 2 is 2.25 bits per heavy atom. The van der Waals surface area contributed by atoms with Crippen molar-refractivity contribution < 1.29 is 9.90 Å². The number of carboxylic acids is 1. The second kappa shape index (κ2) is 4.76. The van der Waals surface area contributed by atoms with Crippen LogP contribution >= 0.6 is 11.3 Å². The zero-order valence-corrected chi connectivity index (χ0v) is 12.0. The quantitative estimate of drug-likeness (QED) is 0.889. The largest absolute Gasteiger partial charge is 0.478 e. The summed E-state index contributed by atoms with van der Waals surface area (Å²) in [6, 6.07) is 1.96. The number of aromatic nitrogens is 1. The number of nitrogens with one attached hydrogen (secondary N) is 1. The van der Waals surface area contributed by atoms with Crippen molar-refractivity contribution in [2.75, 3.05) is 0 Å². The number of allylic oxidation sites excluding steroid dienone is 3. The van der Waals surface area contributed by atoms with Gasteiger partial charge < -0.3 is 10.4 Å². The molecule has 0 radical (unpaired) electrons. The van der Waals surface area contributed by atoms with Crippen molar-refractivity contribution in [3.05, 3.63) is 52.4 Å². The van der Waals surface area contributed by atoms with E-state index in [9.17, 15) is 9.90 Å². The molecule has 1 unspecified atom stereocenters. The van der Waals surface area contributed by atoms with E-state index >= 15 is 0 Å². The highest BCUT2D eigenvalue weighted by molar-refractivity contribution is 7.17. The first-order chi connectivity index (χ1) is 9.58. The van der Waals surface area contributed by atoms with E-state index in [1.54, 1.807) is 30.7 Å². The molecule has 1 aliphatic heterocycles. The molecule has 3 heterocycles. The van der Waals surface area contributed by atoms with Gasteiger partial charge in [-0.2, -0.15) is 0 Å². The molecule has 1 atom stereocenters. The number of carbonyl (C=O) groups is 1. The predicted octanol–water partition coefficient (Wildman–Crippen LogP) is 3.25. The van der Waals surface area contributed by atoms with Gasteiger partial charge in [0.2, 0.25) is 0 Å². The lowest BCUT2D eigenvalue weighted by Gasteiger charge is -2.24. The minimum atomic E-state index is -0.882. The van der Waals surface area contributed by atoms with Gasteiger partial charge in [-0.1, -0.05) is 6.08 Å². The standard InChI is InChI=1S/C15H14N2O2S/c1-8-5-10(14(15(18)19)9(2)17-8)12-7-20-13-3-4-16-6-11(12)13/h3-7,10,17H,1-2H3,(H,18,19). The van der Waals surface area contributed by atoms with Crippen LogP contribution in [0.3, 0.4) is 0 Å². The zero-order valence-electron chi connectivity index (χ0n) is 11.2. The van der Waals surface area contributed by atoms with Crippen LogP contribution in [0.25, 0.3) is 10.1 Å². The molecule has 20 heavy (non-hydrogen) atoms. The summed E-state index contributed by atoms with van der Waals surface area (Å²) in [5, 5.41) is 15.7. The molecule has 0 aromatic carbocycles. The number of carboxylic acid groups (broad SMARTS) is 1. The first kappa shape index (κ1) is 12.9. The fourth-order valence-electron chi connectivity index (χ4n) is 2.64. The van der Waals surface area contributed by atoms with Gasteiger partial charge in [0.15, 0.2) is 0 Å². The average molecular weight is 286 g/mol. The third-order valence-corrected chi connectivity index (χ3v) is 4.47. The van der Waals surface area contributed by atoms with Crippen molar-refractivity contribution in [2.24, 2.45) is 0 Å². The Labute approximate surface area is 120 Å². The summed E-state index contributed by atoms with van der Waals surface area (Å²) >= 11 is 1.62. The van der Waals surface area contributed by atoms with Crippen LogP contribution in [0.15, 0.2) is 46.9 Å². The average Bonchev–Trinajstić information content (AvgIpc) is 2.80. The van der Waals surface area contributed by atoms with Crippen LogP contribution in [0.5, 0.6) is 0 Å². The van der Waals surface area contributed by atoms with Gasteiger partial charge in [0.25, 0.3) is 0 Å². The summed E-state index contributed by atoms with van der Waals surface area (Å²) in [5.41, 5.74) is 3.08. The van der Waals surface area contributed by atoms with Gasteiger partial charge in [-0.15, -0.1) is 11.3 Å². The molecule has 3 rings (SSSR count). The summed E-state index contributed by atoms with van der Waals surface area (Å²) in [4.78, 5) is 15.7. The van der Waals surface area contributed by atoms with Crippen LogP contribution in [-0.4, -0.2) is 16.1 Å². The van der Waals surface area contributed by atoms with Crippen LogP contribution in [-0.2, 0) is 4.79 Å². The second-order valence-electron chi connectivity index (χ2n) is 4.86. The van der Waals surface area contributed by atoms with Crippen LogP contribution < -0.4 is 5.32 Å². The Morgan fingerprint density at radius 3 is 3.00 bits per heavy atom. The highest BCUT2D eigenvalue weighted by atomic mass is 32.1. The number of thiophene rings is 1. The van der Waals surface area contributed by atoms with Gasteiger partial charge in [0.1, 0.15) is 0 Å². The van der Waals surface area contributed by atoms with Crippen LogP contribution in [0, 0.1) is 0 Å². The molecule has 0 bridgehead atoms. The van der Waals surface area contributed by atoms with Crippen LogP contribution in [0.1, 0.15) is 25.3 Å². The lowest BCUT2D eigenvalue weighted by atomic mass is 9.87. The van der Waals surface area contributed by atoms with E-state index in [2.05, 4.69) is 10.3 Å². The normalized spacial score (nSPS) is 18.9. The van der Waals surface area contributed by atoms with Crippen molar-refractivity contribution >= 4 is 27.4 Å². The zero-order chi connectivity index (χ0) is 14.3. The lowest BCUT2D eigenvalue weighted by molar-refractivity contribution is -0.133. The van der Waals surface area contributed by atoms with Gasteiger partial charge >= 0.3 is 5.97 Å². The Kier molecular flexibility index (Phi) is 3.06. The molecule has 2 aromatic rings. The summed E-state index contributed by atoms with van der Waals surface area (Å²) in [6.07, 6.45) is 5.53. The Bertz CT molecular complexity index is 758. The molecule has 2 N–H and O–H groups in total. The third kappa shape index (κ3) is 2.00. The van der Waals surface area contributed by atoms with Gasteiger partial charge in [0.05, 0.1) is 5.57 Å². The third-order valence-electron chi connectivity index (χ3n) is 3.49. The van der Waals surface area contributed by atoms with E-state index in [0.717, 1.165) is 21.3 Å². The summed E-state index contributed by atoms with van der Waals surface area (Å²) < 4.78 is 1.13. The van der Waals surface area contributed by atoms with E-state index in [1.807, 2.05) is 24.4 Å². The minimum absolute atomic E-state index is 0.230. The molecule has 102 valence electrons. The Balaban J connectivity index is 2.20. The molecule has 0 fully saturated rings. The van der Waals surface area contributed by atoms with Gasteiger partial charge in [-0.3, -0.25) is 4.98 Å². The number of hydrogen-bond donors (Lipinski definition) is 2. The molecule has 0 saturated heterocycles. The monoisotopic (exact) mass is 286 g/mol. The van der Waals surface area contributed by atoms with E-state index in [1.165, 1.54) is 0 Å². The molecule has 0 spiro atoms. The number of dihydropyridines is 1. The van der Waals surface area contributed by atoms with E-state index < -0.39 is 5.97 Å². The smallest absolute Gasteiger partial charge is 0.334 e. The number of rotatable bonds is 2. The predicted molar refractivity (Wildman–Crippen MR) is 79.6 cm³/mol. The Morgan fingerprint density at radius 1 is 1.45 bits per heavy atom. The fraction of sp³-hybridized carbons (Fsp3) is 0.200. The molecule has 1 aliphatic rings. The van der Waals surface area contributed by atoms with Crippen molar-refractivity contribution in [1.29, 1.82) is 0 Å². The maximum atomic E-state index is 11.6. The van der Waals surface area contributed by atoms with E-state index in [-0.39, 0.29) is 5.92 Å². The van der Waals surface area contributed by atoms with E-state index in [0.29, 0.717) is 11.3 Å². The summed E-state index contributed by atoms with van der Waals surface area (Å²) in [6.45, 7) is 3.75. The first-order valence-corrected chi connectivity index (χ1v) is 7.16. The summed E-state index contributed by atoms with van der Waals surface area (Å²) in [5.74, 6) is -1.11. The Hall–Kier alpha value is -2.14. The van der Waals surface area contributed by atoms with Crippen molar-refractivity contribution in [1.82, 2.24) is 10.3 Å². The molecule has 2 aromatic heterocycles. The SMILES string of the molecule is CC1=CC(c2csc3ccncc23)C(C(=O)O)=C(C)N1. The number of nitrogens with zero attached hydrogens (tertiary/aromatic N) is 1. The lowest BCUT2D eigenvalue weighted by Crippen LogP contribution is -2.24. The van der Waals surface area contributed by atoms with Crippen molar-refractivity contribution in [2.45, 2.75) is 19.8 Å². The minimum Gasteiger partial charge on any atom is -0.478 e. The van der Waals surface area contributed by atoms with Gasteiger partial charge in [-0.25, -0.2) is 4.79 Å². The van der Waals surface area contributed by atoms with Gasteiger partial charge in [-0.05, 0) is 30.9 Å². The van der Waals surface area contributed by atoms with Crippen molar-refractivity contribution in [3.8, 4) is 0 Å². The first-order valence-electron chi connectivity index (χ1n) is 6.28. The van der Waals surface area contributed by atoms with Gasteiger partial charge in [0, 0.05) is 39.8 Å². The topological polar surface area (TPSA) is 62.2 Å². The number of hydrogen-bond acceptors (Lipinski definition) is 4. The molecular weight excluding hydrogens is 272 g/mol. The number of pyridine rings is 1. The molecule has 0 aliphatic carbocycles. The highest BCUT2D eigenvalue weighted by Gasteiger charge is 2.28.